The number of nitriles is 1. The van der Waals surface area contributed by atoms with E-state index in [4.69, 9.17) is 5.26 Å². The normalized spacial score (nSPS) is 17.4. The average Bonchev–Trinajstić information content (AvgIpc) is 2.82. The third kappa shape index (κ3) is 3.73. The van der Waals surface area contributed by atoms with E-state index in [-0.39, 0.29) is 5.41 Å². The Morgan fingerprint density at radius 3 is 2.67 bits per heavy atom. The zero-order chi connectivity index (χ0) is 9.03. The highest BCUT2D eigenvalue weighted by Crippen LogP contribution is 2.27. The summed E-state index contributed by atoms with van der Waals surface area (Å²) in [6, 6.07) is 2.31. The van der Waals surface area contributed by atoms with Gasteiger partial charge in [-0.15, -0.1) is 0 Å². The standard InChI is InChI=1S/C10H18N2/c1-10(2,8-11)5-6-12-7-9-3-4-9/h9,12H,3-7H2,1-2H3. The third-order valence-corrected chi connectivity index (χ3v) is 2.36. The number of rotatable bonds is 5. The zero-order valence-electron chi connectivity index (χ0n) is 8.06. The van der Waals surface area contributed by atoms with Crippen LogP contribution in [-0.4, -0.2) is 13.1 Å². The molecule has 0 saturated heterocycles. The van der Waals surface area contributed by atoms with Gasteiger partial charge in [0.25, 0.3) is 0 Å². The Labute approximate surface area is 75.0 Å². The highest BCUT2D eigenvalue weighted by molar-refractivity contribution is 4.91. The third-order valence-electron chi connectivity index (χ3n) is 2.36. The van der Waals surface area contributed by atoms with Gasteiger partial charge in [0.05, 0.1) is 11.5 Å². The van der Waals surface area contributed by atoms with Crippen molar-refractivity contribution in [1.29, 1.82) is 5.26 Å². The highest BCUT2D eigenvalue weighted by atomic mass is 14.9. The summed E-state index contributed by atoms with van der Waals surface area (Å²) in [7, 11) is 0. The molecule has 1 saturated carbocycles. The first-order valence-corrected chi connectivity index (χ1v) is 4.76. The molecule has 0 radical (unpaired) electrons. The Bertz CT molecular complexity index is 175. The SMILES string of the molecule is CC(C)(C#N)CCNCC1CC1. The minimum atomic E-state index is -0.156. The molecule has 0 aliphatic heterocycles. The minimum absolute atomic E-state index is 0.156. The monoisotopic (exact) mass is 166 g/mol. The van der Waals surface area contributed by atoms with Crippen molar-refractivity contribution >= 4 is 0 Å². The maximum Gasteiger partial charge on any atom is 0.0684 e. The molecule has 12 heavy (non-hydrogen) atoms. The molecule has 0 spiro atoms. The van der Waals surface area contributed by atoms with Crippen molar-refractivity contribution in [3.8, 4) is 6.07 Å². The Hall–Kier alpha value is -0.550. The summed E-state index contributed by atoms with van der Waals surface area (Å²) in [5.74, 6) is 0.940. The summed E-state index contributed by atoms with van der Waals surface area (Å²) in [5.41, 5.74) is -0.156. The average molecular weight is 166 g/mol. The predicted molar refractivity (Wildman–Crippen MR) is 49.6 cm³/mol. The van der Waals surface area contributed by atoms with E-state index in [2.05, 4.69) is 11.4 Å². The van der Waals surface area contributed by atoms with Crippen molar-refractivity contribution in [2.24, 2.45) is 11.3 Å². The van der Waals surface area contributed by atoms with E-state index in [1.165, 1.54) is 12.8 Å². The quantitative estimate of drug-likeness (QED) is 0.633. The van der Waals surface area contributed by atoms with Crippen molar-refractivity contribution in [2.75, 3.05) is 13.1 Å². The fourth-order valence-electron chi connectivity index (χ4n) is 1.08. The van der Waals surface area contributed by atoms with Gasteiger partial charge >= 0.3 is 0 Å². The van der Waals surface area contributed by atoms with Gasteiger partial charge < -0.3 is 5.32 Å². The van der Waals surface area contributed by atoms with Gasteiger partial charge in [-0.3, -0.25) is 0 Å². The van der Waals surface area contributed by atoms with Gasteiger partial charge in [0.2, 0.25) is 0 Å². The first-order valence-electron chi connectivity index (χ1n) is 4.76. The number of hydrogen-bond acceptors (Lipinski definition) is 2. The van der Waals surface area contributed by atoms with Gasteiger partial charge in [0.1, 0.15) is 0 Å². The van der Waals surface area contributed by atoms with Crippen LogP contribution in [0.4, 0.5) is 0 Å². The Balaban J connectivity index is 1.97. The smallest absolute Gasteiger partial charge is 0.0684 e. The van der Waals surface area contributed by atoms with E-state index >= 15 is 0 Å². The molecular weight excluding hydrogens is 148 g/mol. The molecule has 68 valence electrons. The first kappa shape index (κ1) is 9.54. The second-order valence-corrected chi connectivity index (χ2v) is 4.39. The van der Waals surface area contributed by atoms with Crippen LogP contribution in [0.15, 0.2) is 0 Å². The molecule has 2 heteroatoms. The van der Waals surface area contributed by atoms with Gasteiger partial charge in [-0.25, -0.2) is 0 Å². The Morgan fingerprint density at radius 1 is 1.50 bits per heavy atom. The van der Waals surface area contributed by atoms with Crippen LogP contribution in [0, 0.1) is 22.7 Å². The minimum Gasteiger partial charge on any atom is -0.316 e. The summed E-state index contributed by atoms with van der Waals surface area (Å²) in [5, 5.41) is 12.1. The van der Waals surface area contributed by atoms with E-state index in [1.54, 1.807) is 0 Å². The molecule has 1 aliphatic carbocycles. The van der Waals surface area contributed by atoms with Crippen molar-refractivity contribution in [3.63, 3.8) is 0 Å². The van der Waals surface area contributed by atoms with Crippen molar-refractivity contribution in [2.45, 2.75) is 33.1 Å². The molecule has 0 amide bonds. The second-order valence-electron chi connectivity index (χ2n) is 4.39. The lowest BCUT2D eigenvalue weighted by Crippen LogP contribution is -2.23. The predicted octanol–water partition coefficient (Wildman–Crippen LogP) is 1.93. The molecular formula is C10H18N2. The summed E-state index contributed by atoms with van der Waals surface area (Å²) in [4.78, 5) is 0. The molecule has 0 heterocycles. The molecule has 1 rings (SSSR count). The lowest BCUT2D eigenvalue weighted by Gasteiger charge is -2.14. The molecule has 0 bridgehead atoms. The maximum absolute atomic E-state index is 8.74. The molecule has 1 N–H and O–H groups in total. The van der Waals surface area contributed by atoms with E-state index in [0.717, 1.165) is 25.4 Å². The summed E-state index contributed by atoms with van der Waals surface area (Å²) in [6.45, 7) is 6.12. The van der Waals surface area contributed by atoms with Crippen LogP contribution < -0.4 is 5.32 Å². The van der Waals surface area contributed by atoms with Crippen molar-refractivity contribution in [1.82, 2.24) is 5.32 Å². The van der Waals surface area contributed by atoms with E-state index < -0.39 is 0 Å². The van der Waals surface area contributed by atoms with Crippen LogP contribution in [-0.2, 0) is 0 Å². The summed E-state index contributed by atoms with van der Waals surface area (Å²) < 4.78 is 0. The number of hydrogen-bond donors (Lipinski definition) is 1. The fraction of sp³-hybridized carbons (Fsp3) is 0.900. The molecule has 0 aromatic heterocycles. The largest absolute Gasteiger partial charge is 0.316 e. The topological polar surface area (TPSA) is 35.8 Å². The number of nitrogens with one attached hydrogen (secondary N) is 1. The molecule has 0 aromatic rings. The number of nitrogens with zero attached hydrogens (tertiary/aromatic N) is 1. The molecule has 2 nitrogen and oxygen atoms in total. The first-order chi connectivity index (χ1) is 5.64. The highest BCUT2D eigenvalue weighted by Gasteiger charge is 2.21. The summed E-state index contributed by atoms with van der Waals surface area (Å²) in [6.07, 6.45) is 3.75. The Morgan fingerprint density at radius 2 is 2.17 bits per heavy atom. The molecule has 1 aliphatic rings. The van der Waals surface area contributed by atoms with Crippen LogP contribution >= 0.6 is 0 Å². The van der Waals surface area contributed by atoms with Crippen molar-refractivity contribution in [3.05, 3.63) is 0 Å². The Kier molecular flexibility index (Phi) is 3.11. The second kappa shape index (κ2) is 3.91. The van der Waals surface area contributed by atoms with E-state index in [1.807, 2.05) is 13.8 Å². The molecule has 0 unspecified atom stereocenters. The van der Waals surface area contributed by atoms with Gasteiger partial charge in [0.15, 0.2) is 0 Å². The van der Waals surface area contributed by atoms with Gasteiger partial charge in [0, 0.05) is 0 Å². The van der Waals surface area contributed by atoms with Crippen LogP contribution in [0.2, 0.25) is 0 Å². The van der Waals surface area contributed by atoms with E-state index in [0.29, 0.717) is 0 Å². The zero-order valence-corrected chi connectivity index (χ0v) is 8.06. The van der Waals surface area contributed by atoms with E-state index in [9.17, 15) is 0 Å². The van der Waals surface area contributed by atoms with Crippen LogP contribution in [0.3, 0.4) is 0 Å². The lowest BCUT2D eigenvalue weighted by atomic mass is 9.91. The molecule has 0 atom stereocenters. The van der Waals surface area contributed by atoms with Crippen LogP contribution in [0.25, 0.3) is 0 Å². The van der Waals surface area contributed by atoms with Gasteiger partial charge in [-0.1, -0.05) is 0 Å². The molecule has 1 fully saturated rings. The lowest BCUT2D eigenvalue weighted by molar-refractivity contribution is 0.430. The van der Waals surface area contributed by atoms with Crippen LogP contribution in [0.5, 0.6) is 0 Å². The maximum atomic E-state index is 8.74. The van der Waals surface area contributed by atoms with Gasteiger partial charge in [-0.05, 0) is 52.1 Å². The van der Waals surface area contributed by atoms with Crippen molar-refractivity contribution < 1.29 is 0 Å². The fourth-order valence-corrected chi connectivity index (χ4v) is 1.08. The van der Waals surface area contributed by atoms with Gasteiger partial charge in [-0.2, -0.15) is 5.26 Å². The molecule has 0 aromatic carbocycles. The van der Waals surface area contributed by atoms with Crippen LogP contribution in [0.1, 0.15) is 33.1 Å². The summed E-state index contributed by atoms with van der Waals surface area (Å²) >= 11 is 0.